The Kier molecular flexibility index (Phi) is 4.60. The molecule has 0 aliphatic rings. The number of nitrogens with one attached hydrogen (secondary N) is 1. The monoisotopic (exact) mass is 376 g/mol. The Hall–Kier alpha value is -1.51. The van der Waals surface area contributed by atoms with Gasteiger partial charge in [-0.15, -0.1) is 0 Å². The minimum Gasteiger partial charge on any atom is -0.326 e. The highest BCUT2D eigenvalue weighted by atomic mass is 79.9. The number of hydrogen-bond acceptors (Lipinski definition) is 3. The largest absolute Gasteiger partial charge is 0.326 e. The van der Waals surface area contributed by atoms with E-state index in [0.717, 1.165) is 17.7 Å². The number of benzene rings is 2. The van der Waals surface area contributed by atoms with Crippen LogP contribution < -0.4 is 10.5 Å². The van der Waals surface area contributed by atoms with E-state index in [4.69, 9.17) is 5.73 Å². The highest BCUT2D eigenvalue weighted by molar-refractivity contribution is 9.10. The quantitative estimate of drug-likeness (QED) is 0.861. The second-order valence-electron chi connectivity index (χ2n) is 4.18. The van der Waals surface area contributed by atoms with Crippen LogP contribution in [0.5, 0.6) is 0 Å². The molecule has 0 saturated heterocycles. The maximum atomic E-state index is 13.5. The van der Waals surface area contributed by atoms with Gasteiger partial charge in [-0.25, -0.2) is 17.2 Å². The highest BCUT2D eigenvalue weighted by Gasteiger charge is 2.20. The van der Waals surface area contributed by atoms with E-state index in [1.165, 1.54) is 12.1 Å². The fourth-order valence-electron chi connectivity index (χ4n) is 1.67. The van der Waals surface area contributed by atoms with Crippen molar-refractivity contribution in [3.8, 4) is 0 Å². The smallest absolute Gasteiger partial charge is 0.263 e. The molecule has 3 N–H and O–H groups in total. The summed E-state index contributed by atoms with van der Waals surface area (Å²) < 4.78 is 53.4. The molecule has 0 heterocycles. The van der Waals surface area contributed by atoms with Gasteiger partial charge < -0.3 is 5.73 Å². The zero-order valence-electron chi connectivity index (χ0n) is 10.6. The number of hydrogen-bond donors (Lipinski definition) is 2. The summed E-state index contributed by atoms with van der Waals surface area (Å²) >= 11 is 3.13. The number of sulfonamides is 1. The van der Waals surface area contributed by atoms with Gasteiger partial charge in [0.2, 0.25) is 0 Å². The Balaban J connectivity index is 2.41. The van der Waals surface area contributed by atoms with Gasteiger partial charge in [0.1, 0.15) is 4.90 Å². The third kappa shape index (κ3) is 3.39. The topological polar surface area (TPSA) is 72.2 Å². The zero-order valence-corrected chi connectivity index (χ0v) is 13.0. The molecule has 8 heteroatoms. The Labute approximate surface area is 129 Å². The molecule has 0 aliphatic heterocycles. The lowest BCUT2D eigenvalue weighted by Crippen LogP contribution is -2.15. The first-order chi connectivity index (χ1) is 9.85. The van der Waals surface area contributed by atoms with Crippen LogP contribution in [0.3, 0.4) is 0 Å². The normalized spacial score (nSPS) is 11.4. The standard InChI is InChI=1S/C13H11BrF2N2O2S/c14-9-6-8(7-17)4-5-12(9)21(19,20)18-11-3-1-2-10(15)13(11)16/h1-6,18H,7,17H2. The van der Waals surface area contributed by atoms with Crippen LogP contribution in [0.1, 0.15) is 5.56 Å². The molecule has 112 valence electrons. The van der Waals surface area contributed by atoms with Crippen LogP contribution >= 0.6 is 15.9 Å². The number of nitrogens with two attached hydrogens (primary N) is 1. The predicted molar refractivity (Wildman–Crippen MR) is 79.2 cm³/mol. The van der Waals surface area contributed by atoms with Crippen molar-refractivity contribution in [1.82, 2.24) is 0 Å². The molecule has 0 aromatic heterocycles. The summed E-state index contributed by atoms with van der Waals surface area (Å²) in [5.41, 5.74) is 5.74. The molecular formula is C13H11BrF2N2O2S. The summed E-state index contributed by atoms with van der Waals surface area (Å²) in [4.78, 5) is -0.0941. The van der Waals surface area contributed by atoms with Crippen molar-refractivity contribution < 1.29 is 17.2 Å². The van der Waals surface area contributed by atoms with Gasteiger partial charge >= 0.3 is 0 Å². The Morgan fingerprint density at radius 3 is 2.52 bits per heavy atom. The predicted octanol–water partition coefficient (Wildman–Crippen LogP) is 2.99. The zero-order chi connectivity index (χ0) is 15.6. The van der Waals surface area contributed by atoms with E-state index in [2.05, 4.69) is 15.9 Å². The Bertz CT molecular complexity index is 782. The number of anilines is 1. The molecule has 2 rings (SSSR count). The van der Waals surface area contributed by atoms with Crippen molar-refractivity contribution in [2.45, 2.75) is 11.4 Å². The molecule has 2 aromatic carbocycles. The lowest BCUT2D eigenvalue weighted by atomic mass is 10.2. The van der Waals surface area contributed by atoms with Crippen LogP contribution in [-0.2, 0) is 16.6 Å². The molecule has 0 atom stereocenters. The second kappa shape index (κ2) is 6.08. The van der Waals surface area contributed by atoms with Gasteiger partial charge in [0.25, 0.3) is 10.0 Å². The third-order valence-corrected chi connectivity index (χ3v) is 5.06. The summed E-state index contributed by atoms with van der Waals surface area (Å²) in [7, 11) is -4.05. The van der Waals surface area contributed by atoms with Crippen molar-refractivity contribution in [3.63, 3.8) is 0 Å². The highest BCUT2D eigenvalue weighted by Crippen LogP contribution is 2.26. The lowest BCUT2D eigenvalue weighted by Gasteiger charge is -2.11. The van der Waals surface area contributed by atoms with Gasteiger partial charge in [0.15, 0.2) is 11.6 Å². The molecule has 0 spiro atoms. The second-order valence-corrected chi connectivity index (χ2v) is 6.68. The third-order valence-electron chi connectivity index (χ3n) is 2.72. The average molecular weight is 377 g/mol. The molecule has 0 unspecified atom stereocenters. The number of halogens is 3. The molecule has 0 amide bonds. The van der Waals surface area contributed by atoms with Crippen LogP contribution in [0.4, 0.5) is 14.5 Å². The summed E-state index contributed by atoms with van der Waals surface area (Å²) in [6.07, 6.45) is 0. The van der Waals surface area contributed by atoms with Crippen molar-refractivity contribution in [2.24, 2.45) is 5.73 Å². The van der Waals surface area contributed by atoms with E-state index in [9.17, 15) is 17.2 Å². The summed E-state index contributed by atoms with van der Waals surface area (Å²) in [6, 6.07) is 7.68. The van der Waals surface area contributed by atoms with E-state index in [1.807, 2.05) is 4.72 Å². The first-order valence-corrected chi connectivity index (χ1v) is 8.08. The fraction of sp³-hybridized carbons (Fsp3) is 0.0769. The molecule has 0 radical (unpaired) electrons. The van der Waals surface area contributed by atoms with Gasteiger partial charge in [-0.3, -0.25) is 4.72 Å². The first kappa shape index (κ1) is 15.9. The van der Waals surface area contributed by atoms with Crippen LogP contribution in [0.15, 0.2) is 45.8 Å². The summed E-state index contributed by atoms with van der Waals surface area (Å²) in [6.45, 7) is 0.255. The molecule has 2 aromatic rings. The van der Waals surface area contributed by atoms with E-state index < -0.39 is 27.3 Å². The molecule has 4 nitrogen and oxygen atoms in total. The minimum absolute atomic E-state index is 0.0941. The molecule has 21 heavy (non-hydrogen) atoms. The van der Waals surface area contributed by atoms with E-state index in [0.29, 0.717) is 0 Å². The maximum Gasteiger partial charge on any atom is 0.263 e. The van der Waals surface area contributed by atoms with E-state index in [1.54, 1.807) is 12.1 Å². The molecule has 0 saturated carbocycles. The fourth-order valence-corrected chi connectivity index (χ4v) is 3.86. The maximum absolute atomic E-state index is 13.5. The van der Waals surface area contributed by atoms with Gasteiger partial charge in [-0.2, -0.15) is 0 Å². The van der Waals surface area contributed by atoms with Gasteiger partial charge in [-0.05, 0) is 45.8 Å². The van der Waals surface area contributed by atoms with Gasteiger partial charge in [0, 0.05) is 11.0 Å². The van der Waals surface area contributed by atoms with Crippen molar-refractivity contribution in [1.29, 1.82) is 0 Å². The lowest BCUT2D eigenvalue weighted by molar-refractivity contribution is 0.511. The Morgan fingerprint density at radius 2 is 1.90 bits per heavy atom. The Morgan fingerprint density at radius 1 is 1.19 bits per heavy atom. The van der Waals surface area contributed by atoms with Gasteiger partial charge in [-0.1, -0.05) is 12.1 Å². The SMILES string of the molecule is NCc1ccc(S(=O)(=O)Nc2cccc(F)c2F)c(Br)c1. The van der Waals surface area contributed by atoms with E-state index in [-0.39, 0.29) is 15.9 Å². The van der Waals surface area contributed by atoms with Crippen molar-refractivity contribution >= 4 is 31.6 Å². The summed E-state index contributed by atoms with van der Waals surface area (Å²) in [5.74, 6) is -2.39. The molecule has 0 bridgehead atoms. The van der Waals surface area contributed by atoms with Crippen LogP contribution in [0, 0.1) is 11.6 Å². The molecule has 0 aliphatic carbocycles. The molecular weight excluding hydrogens is 366 g/mol. The minimum atomic E-state index is -4.05. The van der Waals surface area contributed by atoms with Crippen LogP contribution in [0.25, 0.3) is 0 Å². The van der Waals surface area contributed by atoms with Crippen LogP contribution in [-0.4, -0.2) is 8.42 Å². The average Bonchev–Trinajstić information content (AvgIpc) is 2.43. The van der Waals surface area contributed by atoms with Gasteiger partial charge in [0.05, 0.1) is 5.69 Å². The number of rotatable bonds is 4. The van der Waals surface area contributed by atoms with Crippen molar-refractivity contribution in [3.05, 3.63) is 58.1 Å². The summed E-state index contributed by atoms with van der Waals surface area (Å²) in [5, 5.41) is 0. The molecule has 0 fully saturated rings. The van der Waals surface area contributed by atoms with E-state index >= 15 is 0 Å². The van der Waals surface area contributed by atoms with Crippen LogP contribution in [0.2, 0.25) is 0 Å². The van der Waals surface area contributed by atoms with Crippen molar-refractivity contribution in [2.75, 3.05) is 4.72 Å². The first-order valence-electron chi connectivity index (χ1n) is 5.80.